The van der Waals surface area contributed by atoms with Gasteiger partial charge in [-0.25, -0.2) is 0 Å². The summed E-state index contributed by atoms with van der Waals surface area (Å²) in [6, 6.07) is 3.76. The van der Waals surface area contributed by atoms with Gasteiger partial charge in [0.2, 0.25) is 0 Å². The molecule has 0 bridgehead atoms. The molecule has 0 amide bonds. The number of Topliss-reactive ketones (excluding diaryl/α,β-unsaturated/α-hetero) is 1. The quantitative estimate of drug-likeness (QED) is 0.743. The van der Waals surface area contributed by atoms with Gasteiger partial charge in [-0.15, -0.1) is 0 Å². The van der Waals surface area contributed by atoms with Gasteiger partial charge in [-0.05, 0) is 25.0 Å². The number of carbonyl (C=O) groups excluding carboxylic acids is 1. The fourth-order valence-electron chi connectivity index (χ4n) is 2.14. The molecule has 3 nitrogen and oxygen atoms in total. The molecule has 1 aromatic rings. The second-order valence-electron chi connectivity index (χ2n) is 3.92. The fraction of sp³-hybridized carbons (Fsp3) is 0.500. The summed E-state index contributed by atoms with van der Waals surface area (Å²) in [5, 5.41) is 0. The number of methoxy groups -OCH3 is 1. The summed E-state index contributed by atoms with van der Waals surface area (Å²) in [6.07, 6.45) is 5.12. The number of ether oxygens (including phenoxy) is 1. The summed E-state index contributed by atoms with van der Waals surface area (Å²) in [6.45, 7) is 0. The molecule has 1 unspecified atom stereocenters. The Kier molecular flexibility index (Phi) is 2.99. The molecular formula is C12H15NO2. The molecule has 0 aliphatic heterocycles. The minimum atomic E-state index is 0.252. The summed E-state index contributed by atoms with van der Waals surface area (Å²) < 4.78 is 5.26. The molecule has 1 heterocycles. The first-order chi connectivity index (χ1) is 7.31. The maximum Gasteiger partial charge on any atom is 0.140 e. The zero-order chi connectivity index (χ0) is 10.7. The molecule has 1 aromatic heterocycles. The molecule has 0 aromatic carbocycles. The van der Waals surface area contributed by atoms with E-state index in [-0.39, 0.29) is 5.92 Å². The van der Waals surface area contributed by atoms with Crippen LogP contribution in [0.15, 0.2) is 18.3 Å². The number of nitrogens with zero attached hydrogens (tertiary/aromatic N) is 1. The molecule has 0 saturated heterocycles. The summed E-state index contributed by atoms with van der Waals surface area (Å²) in [5.74, 6) is 1.40. The number of ketones is 1. The lowest BCUT2D eigenvalue weighted by Gasteiger charge is -2.21. The van der Waals surface area contributed by atoms with Gasteiger partial charge >= 0.3 is 0 Å². The predicted octanol–water partition coefficient (Wildman–Crippen LogP) is 2.32. The number of pyridine rings is 1. The highest BCUT2D eigenvalue weighted by molar-refractivity contribution is 5.80. The number of carbonyl (C=O) groups is 1. The van der Waals surface area contributed by atoms with E-state index < -0.39 is 0 Å². The van der Waals surface area contributed by atoms with Crippen LogP contribution in [0, 0.1) is 0 Å². The first-order valence-electron chi connectivity index (χ1n) is 5.32. The number of hydrogen-bond acceptors (Lipinski definition) is 3. The Hall–Kier alpha value is -1.38. The van der Waals surface area contributed by atoms with Gasteiger partial charge in [0.25, 0.3) is 0 Å². The molecule has 15 heavy (non-hydrogen) atoms. The van der Waals surface area contributed by atoms with E-state index in [1.807, 2.05) is 12.1 Å². The third kappa shape index (κ3) is 2.17. The van der Waals surface area contributed by atoms with Crippen molar-refractivity contribution in [2.75, 3.05) is 7.11 Å². The molecular weight excluding hydrogens is 190 g/mol. The Bertz CT molecular complexity index is 362. The maximum atomic E-state index is 11.4. The topological polar surface area (TPSA) is 39.2 Å². The Morgan fingerprint density at radius 2 is 2.40 bits per heavy atom. The monoisotopic (exact) mass is 205 g/mol. The average molecular weight is 205 g/mol. The Morgan fingerprint density at radius 1 is 1.53 bits per heavy atom. The molecule has 1 saturated carbocycles. The molecule has 1 atom stereocenters. The van der Waals surface area contributed by atoms with Gasteiger partial charge < -0.3 is 4.74 Å². The van der Waals surface area contributed by atoms with E-state index in [0.717, 1.165) is 30.7 Å². The van der Waals surface area contributed by atoms with Crippen LogP contribution in [0.4, 0.5) is 0 Å². The first-order valence-corrected chi connectivity index (χ1v) is 5.32. The van der Waals surface area contributed by atoms with Gasteiger partial charge in [0.05, 0.1) is 12.8 Å². The normalized spacial score (nSPS) is 21.4. The van der Waals surface area contributed by atoms with E-state index in [9.17, 15) is 4.79 Å². The van der Waals surface area contributed by atoms with Crippen molar-refractivity contribution in [1.82, 2.24) is 4.98 Å². The minimum Gasteiger partial charge on any atom is -0.495 e. The van der Waals surface area contributed by atoms with Gasteiger partial charge in [-0.3, -0.25) is 9.78 Å². The van der Waals surface area contributed by atoms with Crippen LogP contribution in [0.2, 0.25) is 0 Å². The Labute approximate surface area is 89.5 Å². The predicted molar refractivity (Wildman–Crippen MR) is 57.0 cm³/mol. The second-order valence-corrected chi connectivity index (χ2v) is 3.92. The van der Waals surface area contributed by atoms with Gasteiger partial charge in [-0.2, -0.15) is 0 Å². The number of hydrogen-bond donors (Lipinski definition) is 0. The number of rotatable bonds is 2. The third-order valence-electron chi connectivity index (χ3n) is 2.89. The summed E-state index contributed by atoms with van der Waals surface area (Å²) in [4.78, 5) is 15.7. The lowest BCUT2D eigenvalue weighted by atomic mass is 9.85. The highest BCUT2D eigenvalue weighted by Gasteiger charge is 2.24. The first kappa shape index (κ1) is 10.1. The van der Waals surface area contributed by atoms with Crippen molar-refractivity contribution >= 4 is 5.78 Å². The molecule has 1 aliphatic rings. The minimum absolute atomic E-state index is 0.252. The maximum absolute atomic E-state index is 11.4. The van der Waals surface area contributed by atoms with E-state index in [1.165, 1.54) is 0 Å². The average Bonchev–Trinajstić information content (AvgIpc) is 2.29. The highest BCUT2D eigenvalue weighted by atomic mass is 16.5. The van der Waals surface area contributed by atoms with E-state index in [0.29, 0.717) is 12.2 Å². The number of aromatic nitrogens is 1. The fourth-order valence-corrected chi connectivity index (χ4v) is 2.14. The third-order valence-corrected chi connectivity index (χ3v) is 2.89. The van der Waals surface area contributed by atoms with Crippen LogP contribution in [0.3, 0.4) is 0 Å². The lowest BCUT2D eigenvalue weighted by Crippen LogP contribution is -2.15. The van der Waals surface area contributed by atoms with Crippen LogP contribution in [0.5, 0.6) is 5.75 Å². The van der Waals surface area contributed by atoms with Crippen LogP contribution in [-0.4, -0.2) is 17.9 Å². The molecule has 0 radical (unpaired) electrons. The largest absolute Gasteiger partial charge is 0.495 e. The Balaban J connectivity index is 2.24. The van der Waals surface area contributed by atoms with Crippen LogP contribution in [0.1, 0.15) is 37.3 Å². The van der Waals surface area contributed by atoms with Crippen LogP contribution >= 0.6 is 0 Å². The van der Waals surface area contributed by atoms with Crippen molar-refractivity contribution < 1.29 is 9.53 Å². The zero-order valence-corrected chi connectivity index (χ0v) is 8.90. The van der Waals surface area contributed by atoms with Crippen LogP contribution in [0.25, 0.3) is 0 Å². The van der Waals surface area contributed by atoms with Crippen LogP contribution < -0.4 is 4.74 Å². The van der Waals surface area contributed by atoms with E-state index >= 15 is 0 Å². The van der Waals surface area contributed by atoms with E-state index in [1.54, 1.807) is 13.3 Å². The summed E-state index contributed by atoms with van der Waals surface area (Å²) in [7, 11) is 1.64. The van der Waals surface area contributed by atoms with Gasteiger partial charge in [0.1, 0.15) is 11.5 Å². The standard InChI is InChI=1S/C12H15NO2/c1-15-11-6-3-7-13-12(11)9-4-2-5-10(14)8-9/h3,6-7,9H,2,4-5,8H2,1H3. The van der Waals surface area contributed by atoms with Crippen molar-refractivity contribution in [2.45, 2.75) is 31.6 Å². The van der Waals surface area contributed by atoms with Gasteiger partial charge in [0.15, 0.2) is 0 Å². The molecule has 0 N–H and O–H groups in total. The zero-order valence-electron chi connectivity index (χ0n) is 8.90. The molecule has 2 rings (SSSR count). The van der Waals surface area contributed by atoms with Crippen LogP contribution in [-0.2, 0) is 4.79 Å². The lowest BCUT2D eigenvalue weighted by molar-refractivity contribution is -0.120. The Morgan fingerprint density at radius 3 is 3.13 bits per heavy atom. The van der Waals surface area contributed by atoms with E-state index in [4.69, 9.17) is 4.74 Å². The van der Waals surface area contributed by atoms with Crippen molar-refractivity contribution in [3.8, 4) is 5.75 Å². The summed E-state index contributed by atoms with van der Waals surface area (Å²) in [5.41, 5.74) is 0.938. The molecule has 80 valence electrons. The van der Waals surface area contributed by atoms with Crippen molar-refractivity contribution in [3.63, 3.8) is 0 Å². The van der Waals surface area contributed by atoms with Crippen molar-refractivity contribution in [2.24, 2.45) is 0 Å². The SMILES string of the molecule is COc1cccnc1C1CCCC(=O)C1. The van der Waals surface area contributed by atoms with Gasteiger partial charge in [0, 0.05) is 25.0 Å². The molecule has 1 aliphatic carbocycles. The second kappa shape index (κ2) is 4.43. The molecule has 1 fully saturated rings. The van der Waals surface area contributed by atoms with Gasteiger partial charge in [-0.1, -0.05) is 0 Å². The smallest absolute Gasteiger partial charge is 0.140 e. The van der Waals surface area contributed by atoms with Crippen molar-refractivity contribution in [1.29, 1.82) is 0 Å². The molecule has 3 heteroatoms. The molecule has 0 spiro atoms. The van der Waals surface area contributed by atoms with E-state index in [2.05, 4.69) is 4.98 Å². The highest BCUT2D eigenvalue weighted by Crippen LogP contribution is 2.34. The van der Waals surface area contributed by atoms with Crippen molar-refractivity contribution in [3.05, 3.63) is 24.0 Å². The summed E-state index contributed by atoms with van der Waals surface area (Å²) >= 11 is 0.